The van der Waals surface area contributed by atoms with Crippen molar-refractivity contribution < 1.29 is 9.50 Å². The number of aryl methyl sites for hydroxylation is 1. The van der Waals surface area contributed by atoms with Gasteiger partial charge in [0.15, 0.2) is 0 Å². The Morgan fingerprint density at radius 1 is 1.33 bits per heavy atom. The van der Waals surface area contributed by atoms with Gasteiger partial charge in [0.2, 0.25) is 0 Å². The monoisotopic (exact) mass is 349 g/mol. The molecule has 1 aromatic heterocycles. The van der Waals surface area contributed by atoms with E-state index < -0.39 is 6.10 Å². The van der Waals surface area contributed by atoms with E-state index in [0.29, 0.717) is 0 Å². The van der Waals surface area contributed by atoms with Crippen molar-refractivity contribution in [2.75, 3.05) is 25.4 Å². The van der Waals surface area contributed by atoms with E-state index in [9.17, 15) is 9.50 Å². The number of likely N-dealkylation sites (tertiary alicyclic amines) is 1. The van der Waals surface area contributed by atoms with Crippen LogP contribution in [0.5, 0.6) is 0 Å². The minimum absolute atomic E-state index is 0.139. The molecule has 1 aromatic carbocycles. The highest BCUT2D eigenvalue weighted by Gasteiger charge is 2.28. The molecule has 1 aliphatic heterocycles. The molecule has 1 aliphatic rings. The van der Waals surface area contributed by atoms with Crippen LogP contribution in [-0.2, 0) is 7.05 Å². The molecule has 0 saturated carbocycles. The standard InChI is InChI=1S/C18H24FN3OS/c1-21-11-8-20-18(21)17(23)14-6-9-22(10-7-14)12-13-24-16-5-3-2-4-15(16)19/h2-5,8,11,14,17,23H,6-7,9-10,12-13H2,1H3. The third-order valence-electron chi connectivity index (χ3n) is 4.70. The molecule has 130 valence electrons. The number of imidazole rings is 1. The lowest BCUT2D eigenvalue weighted by molar-refractivity contribution is 0.0528. The summed E-state index contributed by atoms with van der Waals surface area (Å²) in [7, 11) is 1.92. The molecule has 2 heterocycles. The van der Waals surface area contributed by atoms with Crippen LogP contribution in [0.2, 0.25) is 0 Å². The Bertz CT molecular complexity index is 655. The van der Waals surface area contributed by atoms with E-state index >= 15 is 0 Å². The third kappa shape index (κ3) is 4.18. The zero-order valence-electron chi connectivity index (χ0n) is 13.9. The van der Waals surface area contributed by atoms with Gasteiger partial charge in [0.05, 0.1) is 0 Å². The second kappa shape index (κ2) is 8.14. The number of aliphatic hydroxyl groups is 1. The Morgan fingerprint density at radius 2 is 2.08 bits per heavy atom. The van der Waals surface area contributed by atoms with Crippen molar-refractivity contribution in [1.82, 2.24) is 14.5 Å². The van der Waals surface area contributed by atoms with Gasteiger partial charge in [-0.3, -0.25) is 0 Å². The molecule has 0 amide bonds. The molecule has 3 rings (SSSR count). The Labute approximate surface area is 146 Å². The summed E-state index contributed by atoms with van der Waals surface area (Å²) in [6, 6.07) is 6.93. The van der Waals surface area contributed by atoms with Crippen molar-refractivity contribution in [2.24, 2.45) is 13.0 Å². The van der Waals surface area contributed by atoms with Gasteiger partial charge in [0.25, 0.3) is 0 Å². The van der Waals surface area contributed by atoms with Gasteiger partial charge in [-0.1, -0.05) is 12.1 Å². The summed E-state index contributed by atoms with van der Waals surface area (Å²) >= 11 is 1.57. The number of thioether (sulfide) groups is 1. The van der Waals surface area contributed by atoms with Crippen molar-refractivity contribution in [2.45, 2.75) is 23.8 Å². The number of nitrogens with zero attached hydrogens (tertiary/aromatic N) is 3. The van der Waals surface area contributed by atoms with Gasteiger partial charge < -0.3 is 14.6 Å². The molecule has 4 nitrogen and oxygen atoms in total. The molecule has 2 aromatic rings. The van der Waals surface area contributed by atoms with Crippen molar-refractivity contribution in [3.8, 4) is 0 Å². The van der Waals surface area contributed by atoms with Gasteiger partial charge in [-0.05, 0) is 44.0 Å². The lowest BCUT2D eigenvalue weighted by Gasteiger charge is -2.33. The number of piperidine rings is 1. The van der Waals surface area contributed by atoms with E-state index in [2.05, 4.69) is 9.88 Å². The van der Waals surface area contributed by atoms with Gasteiger partial charge in [-0.2, -0.15) is 0 Å². The van der Waals surface area contributed by atoms with E-state index in [1.807, 2.05) is 29.9 Å². The zero-order valence-corrected chi connectivity index (χ0v) is 14.8. The first-order valence-electron chi connectivity index (χ1n) is 8.40. The maximum Gasteiger partial charge on any atom is 0.137 e. The fraction of sp³-hybridized carbons (Fsp3) is 0.500. The first kappa shape index (κ1) is 17.5. The first-order valence-corrected chi connectivity index (χ1v) is 9.38. The van der Waals surface area contributed by atoms with Gasteiger partial charge >= 0.3 is 0 Å². The molecule has 1 fully saturated rings. The Kier molecular flexibility index (Phi) is 5.92. The second-order valence-electron chi connectivity index (χ2n) is 6.30. The summed E-state index contributed by atoms with van der Waals surface area (Å²) < 4.78 is 15.5. The fourth-order valence-electron chi connectivity index (χ4n) is 3.21. The molecule has 0 radical (unpaired) electrons. The molecule has 6 heteroatoms. The predicted molar refractivity (Wildman–Crippen MR) is 94.5 cm³/mol. The predicted octanol–water partition coefficient (Wildman–Crippen LogP) is 3.10. The van der Waals surface area contributed by atoms with Crippen molar-refractivity contribution in [1.29, 1.82) is 0 Å². The zero-order chi connectivity index (χ0) is 16.9. The highest BCUT2D eigenvalue weighted by molar-refractivity contribution is 7.99. The van der Waals surface area contributed by atoms with E-state index in [1.165, 1.54) is 6.07 Å². The number of benzene rings is 1. The fourth-order valence-corrected chi connectivity index (χ4v) is 4.16. The summed E-state index contributed by atoms with van der Waals surface area (Å²) in [5.74, 6) is 1.76. The molecule has 1 N–H and O–H groups in total. The lowest BCUT2D eigenvalue weighted by atomic mass is 9.91. The molecule has 0 spiro atoms. The first-order chi connectivity index (χ1) is 11.6. The van der Waals surface area contributed by atoms with Gasteiger partial charge in [0, 0.05) is 36.6 Å². The van der Waals surface area contributed by atoms with E-state index in [-0.39, 0.29) is 11.7 Å². The van der Waals surface area contributed by atoms with Crippen molar-refractivity contribution in [3.63, 3.8) is 0 Å². The summed E-state index contributed by atoms with van der Waals surface area (Å²) in [5, 5.41) is 10.5. The number of aromatic nitrogens is 2. The third-order valence-corrected chi connectivity index (χ3v) is 5.73. The number of halogens is 1. The van der Waals surface area contributed by atoms with Crippen LogP contribution in [0.1, 0.15) is 24.8 Å². The van der Waals surface area contributed by atoms with Crippen molar-refractivity contribution in [3.05, 3.63) is 48.3 Å². The normalized spacial score (nSPS) is 18.0. The quantitative estimate of drug-likeness (QED) is 0.814. The van der Waals surface area contributed by atoms with Crippen LogP contribution in [-0.4, -0.2) is 44.9 Å². The van der Waals surface area contributed by atoms with Gasteiger partial charge in [0.1, 0.15) is 17.7 Å². The number of hydrogen-bond acceptors (Lipinski definition) is 4. The molecule has 24 heavy (non-hydrogen) atoms. The van der Waals surface area contributed by atoms with Crippen LogP contribution < -0.4 is 0 Å². The van der Waals surface area contributed by atoms with Crippen LogP contribution in [0.3, 0.4) is 0 Å². The maximum absolute atomic E-state index is 13.6. The van der Waals surface area contributed by atoms with Crippen LogP contribution in [0.25, 0.3) is 0 Å². The van der Waals surface area contributed by atoms with Crippen LogP contribution in [0.4, 0.5) is 4.39 Å². The summed E-state index contributed by atoms with van der Waals surface area (Å²) in [6.07, 6.45) is 5.05. The number of aliphatic hydroxyl groups excluding tert-OH is 1. The molecule has 0 bridgehead atoms. The second-order valence-corrected chi connectivity index (χ2v) is 7.44. The van der Waals surface area contributed by atoms with E-state index in [0.717, 1.165) is 48.9 Å². The van der Waals surface area contributed by atoms with Crippen molar-refractivity contribution >= 4 is 11.8 Å². The maximum atomic E-state index is 13.6. The number of hydrogen-bond donors (Lipinski definition) is 1. The largest absolute Gasteiger partial charge is 0.385 e. The average molecular weight is 349 g/mol. The molecule has 1 unspecified atom stereocenters. The Hall–Kier alpha value is -1.37. The molecule has 1 saturated heterocycles. The van der Waals surface area contributed by atoms with Crippen LogP contribution in [0.15, 0.2) is 41.6 Å². The molecule has 0 aliphatic carbocycles. The summed E-state index contributed by atoms with van der Waals surface area (Å²) in [5.41, 5.74) is 0. The smallest absolute Gasteiger partial charge is 0.137 e. The average Bonchev–Trinajstić information content (AvgIpc) is 3.03. The molecular weight excluding hydrogens is 325 g/mol. The SMILES string of the molecule is Cn1ccnc1C(O)C1CCN(CCSc2ccccc2F)CC1. The Morgan fingerprint density at radius 3 is 2.75 bits per heavy atom. The molecular formula is C18H24FN3OS. The Balaban J connectivity index is 1.42. The number of rotatable bonds is 6. The minimum atomic E-state index is -0.486. The lowest BCUT2D eigenvalue weighted by Crippen LogP contribution is -2.37. The van der Waals surface area contributed by atoms with E-state index in [4.69, 9.17) is 0 Å². The highest BCUT2D eigenvalue weighted by Crippen LogP contribution is 2.30. The van der Waals surface area contributed by atoms with E-state index in [1.54, 1.807) is 24.0 Å². The topological polar surface area (TPSA) is 41.3 Å². The van der Waals surface area contributed by atoms with Crippen LogP contribution in [0, 0.1) is 11.7 Å². The van der Waals surface area contributed by atoms with Crippen LogP contribution >= 0.6 is 11.8 Å². The highest BCUT2D eigenvalue weighted by atomic mass is 32.2. The summed E-state index contributed by atoms with van der Waals surface area (Å²) in [6.45, 7) is 2.90. The summed E-state index contributed by atoms with van der Waals surface area (Å²) in [4.78, 5) is 7.38. The van der Waals surface area contributed by atoms with Gasteiger partial charge in [-0.25, -0.2) is 9.37 Å². The van der Waals surface area contributed by atoms with Gasteiger partial charge in [-0.15, -0.1) is 11.8 Å². The molecule has 1 atom stereocenters. The minimum Gasteiger partial charge on any atom is -0.385 e.